The molecule has 4 aromatic rings. The molecule has 0 amide bonds. The second-order valence-corrected chi connectivity index (χ2v) is 8.59. The Bertz CT molecular complexity index is 1340. The van der Waals surface area contributed by atoms with Gasteiger partial charge in [0.2, 0.25) is 0 Å². The van der Waals surface area contributed by atoms with Crippen molar-refractivity contribution in [3.63, 3.8) is 0 Å². The number of benzene rings is 1. The van der Waals surface area contributed by atoms with Crippen LogP contribution in [-0.2, 0) is 4.74 Å². The fraction of sp³-hybridized carbons (Fsp3) is 0.455. The first-order valence-corrected chi connectivity index (χ1v) is 10.9. The van der Waals surface area contributed by atoms with Crippen molar-refractivity contribution in [1.29, 1.82) is 0 Å². The van der Waals surface area contributed by atoms with Crippen LogP contribution in [0.1, 0.15) is 44.0 Å². The van der Waals surface area contributed by atoms with Crippen LogP contribution in [0, 0.1) is 0 Å². The van der Waals surface area contributed by atoms with Gasteiger partial charge < -0.3 is 4.74 Å². The Kier molecular flexibility index (Phi) is 4.22. The van der Waals surface area contributed by atoms with Crippen LogP contribution in [0.5, 0.6) is 0 Å². The van der Waals surface area contributed by atoms with E-state index in [1.807, 2.05) is 40.2 Å². The maximum Gasteiger partial charge on any atom is 0.279 e. The van der Waals surface area contributed by atoms with Gasteiger partial charge in [-0.05, 0) is 51.9 Å². The largest absolute Gasteiger partial charge is 0.376 e. The summed E-state index contributed by atoms with van der Waals surface area (Å²) in [6.45, 7) is 3.73. The van der Waals surface area contributed by atoms with Crippen LogP contribution in [0.4, 0.5) is 0 Å². The topological polar surface area (TPSA) is 82.5 Å². The number of ether oxygens (including phenoxy) is 1. The number of fused-ring (bicyclic) bond motifs is 3. The quantitative estimate of drug-likeness (QED) is 0.507. The van der Waals surface area contributed by atoms with Crippen molar-refractivity contribution >= 4 is 16.6 Å². The Morgan fingerprint density at radius 3 is 2.74 bits per heavy atom. The molecule has 3 atom stereocenters. The predicted octanol–water partition coefficient (Wildman–Crippen LogP) is 2.35. The van der Waals surface area contributed by atoms with Gasteiger partial charge in [-0.3, -0.25) is 18.7 Å². The van der Waals surface area contributed by atoms with Gasteiger partial charge in [-0.15, -0.1) is 5.10 Å². The van der Waals surface area contributed by atoms with Crippen molar-refractivity contribution in [2.45, 2.75) is 44.4 Å². The lowest BCUT2D eigenvalue weighted by molar-refractivity contribution is 0.108. The molecule has 0 spiro atoms. The minimum Gasteiger partial charge on any atom is -0.376 e. The molecule has 2 saturated heterocycles. The molecular weight excluding hydrogens is 394 g/mol. The Labute approximate surface area is 178 Å². The number of aromatic nitrogens is 6. The monoisotopic (exact) mass is 419 g/mol. The molecule has 0 bridgehead atoms. The molecule has 9 heteroatoms. The number of nitrogens with zero attached hydrogens (tertiary/aromatic N) is 7. The van der Waals surface area contributed by atoms with Crippen LogP contribution in [0.3, 0.4) is 0 Å². The van der Waals surface area contributed by atoms with E-state index in [4.69, 9.17) is 4.74 Å². The van der Waals surface area contributed by atoms with Crippen LogP contribution < -0.4 is 5.56 Å². The number of imidazole rings is 1. The van der Waals surface area contributed by atoms with Crippen molar-refractivity contribution in [3.05, 3.63) is 52.8 Å². The minimum absolute atomic E-state index is 0.0127. The fourth-order valence-corrected chi connectivity index (χ4v) is 5.28. The molecule has 6 rings (SSSR count). The SMILES string of the molecule is CC1OCCC1n1c(=O)c2c(-n3nncc3C3CCCN3C)ncn2c2ccccc21. The summed E-state index contributed by atoms with van der Waals surface area (Å²) in [6, 6.07) is 8.18. The van der Waals surface area contributed by atoms with Gasteiger partial charge in [0.05, 0.1) is 41.1 Å². The van der Waals surface area contributed by atoms with Gasteiger partial charge in [-0.2, -0.15) is 4.68 Å². The van der Waals surface area contributed by atoms with Crippen molar-refractivity contribution < 1.29 is 4.74 Å². The zero-order valence-corrected chi connectivity index (χ0v) is 17.7. The number of hydrogen-bond donors (Lipinski definition) is 0. The van der Waals surface area contributed by atoms with Crippen molar-refractivity contribution in [1.82, 2.24) is 33.8 Å². The van der Waals surface area contributed by atoms with Gasteiger partial charge in [0.1, 0.15) is 6.33 Å². The van der Waals surface area contributed by atoms with E-state index in [0.29, 0.717) is 17.9 Å². The Morgan fingerprint density at radius 1 is 1.16 bits per heavy atom. The second-order valence-electron chi connectivity index (χ2n) is 8.59. The van der Waals surface area contributed by atoms with E-state index < -0.39 is 0 Å². The highest BCUT2D eigenvalue weighted by Gasteiger charge is 2.31. The maximum atomic E-state index is 13.9. The summed E-state index contributed by atoms with van der Waals surface area (Å²) >= 11 is 0. The summed E-state index contributed by atoms with van der Waals surface area (Å²) in [7, 11) is 2.11. The Hall–Kier alpha value is -3.04. The summed E-state index contributed by atoms with van der Waals surface area (Å²) in [6.07, 6.45) is 6.48. The number of rotatable bonds is 3. The normalized spacial score (nSPS) is 24.6. The third-order valence-corrected chi connectivity index (χ3v) is 6.88. The Balaban J connectivity index is 1.64. The lowest BCUT2D eigenvalue weighted by Gasteiger charge is -2.21. The molecule has 0 aliphatic carbocycles. The van der Waals surface area contributed by atoms with Gasteiger partial charge >= 0.3 is 0 Å². The van der Waals surface area contributed by atoms with Gasteiger partial charge in [-0.25, -0.2) is 4.98 Å². The zero-order chi connectivity index (χ0) is 21.1. The van der Waals surface area contributed by atoms with Gasteiger partial charge in [-0.1, -0.05) is 17.3 Å². The first-order valence-electron chi connectivity index (χ1n) is 10.9. The third kappa shape index (κ3) is 2.69. The van der Waals surface area contributed by atoms with E-state index in [1.165, 1.54) is 0 Å². The number of likely N-dealkylation sites (tertiary alicyclic amines) is 1. The molecule has 0 saturated carbocycles. The summed E-state index contributed by atoms with van der Waals surface area (Å²) in [5.41, 5.74) is 3.24. The molecule has 31 heavy (non-hydrogen) atoms. The van der Waals surface area contributed by atoms with Gasteiger partial charge in [0.25, 0.3) is 5.56 Å². The lowest BCUT2D eigenvalue weighted by Crippen LogP contribution is -2.31. The molecule has 9 nitrogen and oxygen atoms in total. The van der Waals surface area contributed by atoms with Crippen LogP contribution in [0.15, 0.2) is 41.6 Å². The number of para-hydroxylation sites is 2. The molecule has 3 aromatic heterocycles. The highest BCUT2D eigenvalue weighted by atomic mass is 16.5. The smallest absolute Gasteiger partial charge is 0.279 e. The Morgan fingerprint density at radius 2 is 2.00 bits per heavy atom. The van der Waals surface area contributed by atoms with Crippen LogP contribution in [0.2, 0.25) is 0 Å². The van der Waals surface area contributed by atoms with E-state index in [1.54, 1.807) is 17.2 Å². The third-order valence-electron chi connectivity index (χ3n) is 6.88. The van der Waals surface area contributed by atoms with Crippen molar-refractivity contribution in [2.75, 3.05) is 20.2 Å². The van der Waals surface area contributed by atoms with Crippen molar-refractivity contribution in [3.8, 4) is 5.82 Å². The highest BCUT2D eigenvalue weighted by Crippen LogP contribution is 2.32. The molecule has 0 N–H and O–H groups in total. The highest BCUT2D eigenvalue weighted by molar-refractivity contribution is 5.81. The van der Waals surface area contributed by atoms with Crippen LogP contribution >= 0.6 is 0 Å². The van der Waals surface area contributed by atoms with Gasteiger partial charge in [0.15, 0.2) is 11.3 Å². The number of hydrogen-bond acceptors (Lipinski definition) is 6. The molecule has 5 heterocycles. The molecule has 2 aliphatic rings. The summed E-state index contributed by atoms with van der Waals surface area (Å²) < 4.78 is 11.3. The van der Waals surface area contributed by atoms with E-state index >= 15 is 0 Å². The zero-order valence-electron chi connectivity index (χ0n) is 17.7. The van der Waals surface area contributed by atoms with Gasteiger partial charge in [0, 0.05) is 6.61 Å². The second kappa shape index (κ2) is 7.00. The van der Waals surface area contributed by atoms with E-state index in [-0.39, 0.29) is 23.7 Å². The fourth-order valence-electron chi connectivity index (χ4n) is 5.28. The summed E-state index contributed by atoms with van der Waals surface area (Å²) in [5.74, 6) is 0.531. The van der Waals surface area contributed by atoms with E-state index in [9.17, 15) is 4.79 Å². The first-order chi connectivity index (χ1) is 15.1. The average Bonchev–Trinajstić information content (AvgIpc) is 3.55. The van der Waals surface area contributed by atoms with Crippen LogP contribution in [-0.4, -0.2) is 60.1 Å². The molecule has 2 aliphatic heterocycles. The maximum absolute atomic E-state index is 13.9. The molecule has 0 radical (unpaired) electrons. The predicted molar refractivity (Wildman–Crippen MR) is 116 cm³/mol. The standard InChI is InChI=1S/C22H25N7O2/c1-14-15(9-11-31-14)28-18-7-4-3-6-17(18)27-13-23-21(20(27)22(28)30)29-19(12-24-25-29)16-8-5-10-26(16)2/h3-4,6-7,12-16H,5,8-11H2,1-2H3. The summed E-state index contributed by atoms with van der Waals surface area (Å²) in [5, 5.41) is 8.52. The molecule has 1 aromatic carbocycles. The molecule has 2 fully saturated rings. The molecule has 3 unspecified atom stereocenters. The van der Waals surface area contributed by atoms with Crippen molar-refractivity contribution in [2.24, 2.45) is 0 Å². The van der Waals surface area contributed by atoms with E-state index in [2.05, 4.69) is 27.2 Å². The average molecular weight is 419 g/mol. The van der Waals surface area contributed by atoms with Crippen LogP contribution in [0.25, 0.3) is 22.4 Å². The summed E-state index contributed by atoms with van der Waals surface area (Å²) in [4.78, 5) is 20.9. The first kappa shape index (κ1) is 18.7. The molecule has 160 valence electrons. The molecular formula is C22H25N7O2. The lowest BCUT2D eigenvalue weighted by atomic mass is 10.1. The van der Waals surface area contributed by atoms with E-state index in [0.717, 1.165) is 42.5 Å². The minimum atomic E-state index is -0.0743.